The van der Waals surface area contributed by atoms with Crippen LogP contribution in [0.1, 0.15) is 41.1 Å². The van der Waals surface area contributed by atoms with Gasteiger partial charge in [0, 0.05) is 22.6 Å². The van der Waals surface area contributed by atoms with E-state index in [2.05, 4.69) is 39.4 Å². The molecule has 0 aliphatic rings. The van der Waals surface area contributed by atoms with E-state index >= 15 is 0 Å². The van der Waals surface area contributed by atoms with Crippen LogP contribution in [0.15, 0.2) is 27.2 Å². The van der Waals surface area contributed by atoms with E-state index in [0.717, 1.165) is 27.1 Å². The zero-order chi connectivity index (χ0) is 14.7. The fraction of sp³-hybridized carbons (Fsp3) is 0.333. The van der Waals surface area contributed by atoms with Crippen molar-refractivity contribution in [3.05, 3.63) is 50.8 Å². The first-order chi connectivity index (χ1) is 9.52. The molecule has 1 N–H and O–H groups in total. The molecule has 1 heterocycles. The summed E-state index contributed by atoms with van der Waals surface area (Å²) in [6.07, 6.45) is 0. The van der Waals surface area contributed by atoms with Crippen molar-refractivity contribution in [2.75, 3.05) is 0 Å². The molecule has 0 fully saturated rings. The maximum atomic E-state index is 8.85. The minimum Gasteiger partial charge on any atom is -0.361 e. The predicted molar refractivity (Wildman–Crippen MR) is 80.1 cm³/mol. The molecule has 20 heavy (non-hydrogen) atoms. The van der Waals surface area contributed by atoms with Crippen LogP contribution in [0.3, 0.4) is 0 Å². The lowest BCUT2D eigenvalue weighted by Gasteiger charge is -2.14. The van der Waals surface area contributed by atoms with Gasteiger partial charge < -0.3 is 9.84 Å². The zero-order valence-electron chi connectivity index (χ0n) is 11.7. The summed E-state index contributed by atoms with van der Waals surface area (Å²) in [7, 11) is 0. The lowest BCUT2D eigenvalue weighted by atomic mass is 10.1. The van der Waals surface area contributed by atoms with Crippen molar-refractivity contribution >= 4 is 15.9 Å². The SMILES string of the molecule is Cc1noc(C)c1[C@H](C)NCc1ccc(C#N)cc1Br. The molecule has 0 bridgehead atoms. The summed E-state index contributed by atoms with van der Waals surface area (Å²) in [5.41, 5.74) is 3.79. The fourth-order valence-corrected chi connectivity index (χ4v) is 2.75. The molecule has 4 nitrogen and oxygen atoms in total. The number of hydrogen-bond acceptors (Lipinski definition) is 4. The molecule has 5 heteroatoms. The smallest absolute Gasteiger partial charge is 0.138 e. The Morgan fingerprint density at radius 1 is 1.45 bits per heavy atom. The van der Waals surface area contributed by atoms with Crippen LogP contribution in [-0.2, 0) is 6.54 Å². The second-order valence-electron chi connectivity index (χ2n) is 4.76. The number of halogens is 1. The van der Waals surface area contributed by atoms with Gasteiger partial charge in [-0.25, -0.2) is 0 Å². The Kier molecular flexibility index (Phi) is 4.58. The van der Waals surface area contributed by atoms with Gasteiger partial charge in [0.05, 0.1) is 17.3 Å². The lowest BCUT2D eigenvalue weighted by Crippen LogP contribution is -2.19. The van der Waals surface area contributed by atoms with Crippen LogP contribution >= 0.6 is 15.9 Å². The van der Waals surface area contributed by atoms with Crippen LogP contribution in [0.5, 0.6) is 0 Å². The molecule has 104 valence electrons. The number of rotatable bonds is 4. The zero-order valence-corrected chi connectivity index (χ0v) is 13.3. The second-order valence-corrected chi connectivity index (χ2v) is 5.61. The Morgan fingerprint density at radius 3 is 2.75 bits per heavy atom. The molecule has 1 aromatic heterocycles. The van der Waals surface area contributed by atoms with Crippen LogP contribution < -0.4 is 5.32 Å². The Hall–Kier alpha value is -1.64. The molecule has 0 radical (unpaired) electrons. The van der Waals surface area contributed by atoms with Crippen LogP contribution in [0.25, 0.3) is 0 Å². The molecule has 0 saturated carbocycles. The molecule has 0 aliphatic carbocycles. The topological polar surface area (TPSA) is 61.9 Å². The molecule has 0 amide bonds. The molecule has 0 spiro atoms. The molecule has 2 rings (SSSR count). The number of nitriles is 1. The van der Waals surface area contributed by atoms with E-state index in [-0.39, 0.29) is 6.04 Å². The van der Waals surface area contributed by atoms with E-state index in [0.29, 0.717) is 12.1 Å². The maximum absolute atomic E-state index is 8.85. The first kappa shape index (κ1) is 14.8. The van der Waals surface area contributed by atoms with Crippen LogP contribution in [0.4, 0.5) is 0 Å². The van der Waals surface area contributed by atoms with Crippen molar-refractivity contribution in [1.82, 2.24) is 10.5 Å². The van der Waals surface area contributed by atoms with Gasteiger partial charge in [0.25, 0.3) is 0 Å². The number of nitrogens with one attached hydrogen (secondary N) is 1. The molecule has 0 unspecified atom stereocenters. The van der Waals surface area contributed by atoms with E-state index in [1.165, 1.54) is 0 Å². The summed E-state index contributed by atoms with van der Waals surface area (Å²) in [5.74, 6) is 0.849. The molecular formula is C15H16BrN3O. The van der Waals surface area contributed by atoms with Gasteiger partial charge in [0.15, 0.2) is 0 Å². The van der Waals surface area contributed by atoms with Crippen LogP contribution in [0.2, 0.25) is 0 Å². The average molecular weight is 334 g/mol. The Labute approximate surface area is 126 Å². The summed E-state index contributed by atoms with van der Waals surface area (Å²) in [4.78, 5) is 0. The third-order valence-electron chi connectivity index (χ3n) is 3.30. The highest BCUT2D eigenvalue weighted by molar-refractivity contribution is 9.10. The van der Waals surface area contributed by atoms with Gasteiger partial charge >= 0.3 is 0 Å². The lowest BCUT2D eigenvalue weighted by molar-refractivity contribution is 0.390. The van der Waals surface area contributed by atoms with Gasteiger partial charge in [-0.15, -0.1) is 0 Å². The van der Waals surface area contributed by atoms with Gasteiger partial charge in [-0.1, -0.05) is 27.2 Å². The number of aryl methyl sites for hydroxylation is 2. The Balaban J connectivity index is 2.08. The van der Waals surface area contributed by atoms with Gasteiger partial charge in [-0.2, -0.15) is 5.26 Å². The average Bonchev–Trinajstić information content (AvgIpc) is 2.76. The minimum atomic E-state index is 0.156. The third kappa shape index (κ3) is 3.09. The minimum absolute atomic E-state index is 0.156. The normalized spacial score (nSPS) is 12.2. The molecule has 0 saturated heterocycles. The Bertz CT molecular complexity index is 638. The first-order valence-corrected chi connectivity index (χ1v) is 7.17. The number of hydrogen-bond donors (Lipinski definition) is 1. The molecule has 1 aromatic carbocycles. The fourth-order valence-electron chi connectivity index (χ4n) is 2.23. The van der Waals surface area contributed by atoms with Crippen molar-refractivity contribution in [1.29, 1.82) is 5.26 Å². The monoisotopic (exact) mass is 333 g/mol. The maximum Gasteiger partial charge on any atom is 0.138 e. The Morgan fingerprint density at radius 2 is 2.20 bits per heavy atom. The highest BCUT2D eigenvalue weighted by Gasteiger charge is 2.16. The molecule has 1 atom stereocenters. The van der Waals surface area contributed by atoms with E-state index in [9.17, 15) is 0 Å². The number of aromatic nitrogens is 1. The van der Waals surface area contributed by atoms with E-state index in [4.69, 9.17) is 9.78 Å². The van der Waals surface area contributed by atoms with Crippen molar-refractivity contribution in [3.63, 3.8) is 0 Å². The standard InChI is InChI=1S/C15H16BrN3O/c1-9(15-10(2)19-20-11(15)3)18-8-13-5-4-12(7-17)6-14(13)16/h4-6,9,18H,8H2,1-3H3/t9-/m0/s1. The van der Waals surface area contributed by atoms with Gasteiger partial charge in [-0.05, 0) is 38.5 Å². The van der Waals surface area contributed by atoms with Crippen LogP contribution in [0, 0.1) is 25.2 Å². The molecule has 2 aromatic rings. The number of nitrogens with zero attached hydrogens (tertiary/aromatic N) is 2. The third-order valence-corrected chi connectivity index (χ3v) is 4.04. The predicted octanol–water partition coefficient (Wildman–Crippen LogP) is 3.78. The summed E-state index contributed by atoms with van der Waals surface area (Å²) >= 11 is 3.49. The van der Waals surface area contributed by atoms with Crippen molar-refractivity contribution in [3.8, 4) is 6.07 Å². The van der Waals surface area contributed by atoms with Crippen LogP contribution in [-0.4, -0.2) is 5.16 Å². The van der Waals surface area contributed by atoms with Crippen molar-refractivity contribution < 1.29 is 4.52 Å². The highest BCUT2D eigenvalue weighted by atomic mass is 79.9. The van der Waals surface area contributed by atoms with Gasteiger partial charge in [0.1, 0.15) is 5.76 Å². The second kappa shape index (κ2) is 6.21. The quantitative estimate of drug-likeness (QED) is 0.924. The summed E-state index contributed by atoms with van der Waals surface area (Å²) in [6.45, 7) is 6.66. The number of benzene rings is 1. The first-order valence-electron chi connectivity index (χ1n) is 6.37. The van der Waals surface area contributed by atoms with E-state index < -0.39 is 0 Å². The van der Waals surface area contributed by atoms with Gasteiger partial charge in [0.2, 0.25) is 0 Å². The summed E-state index contributed by atoms with van der Waals surface area (Å²) in [6, 6.07) is 7.89. The largest absolute Gasteiger partial charge is 0.361 e. The summed E-state index contributed by atoms with van der Waals surface area (Å²) in [5, 5.41) is 16.3. The summed E-state index contributed by atoms with van der Waals surface area (Å²) < 4.78 is 6.13. The molecule has 0 aliphatic heterocycles. The molecular weight excluding hydrogens is 318 g/mol. The van der Waals surface area contributed by atoms with Crippen molar-refractivity contribution in [2.24, 2.45) is 0 Å². The van der Waals surface area contributed by atoms with E-state index in [1.807, 2.05) is 32.0 Å². The van der Waals surface area contributed by atoms with E-state index in [1.54, 1.807) is 0 Å². The van der Waals surface area contributed by atoms with Gasteiger partial charge in [-0.3, -0.25) is 0 Å². The van der Waals surface area contributed by atoms with Crippen molar-refractivity contribution in [2.45, 2.75) is 33.4 Å². The highest BCUT2D eigenvalue weighted by Crippen LogP contribution is 2.23.